The molecule has 208 valence electrons. The molecule has 0 atom stereocenters. The van der Waals surface area contributed by atoms with Gasteiger partial charge in [0.2, 0.25) is 0 Å². The van der Waals surface area contributed by atoms with Crippen molar-refractivity contribution < 1.29 is 0 Å². The second kappa shape index (κ2) is 10.8. The first-order valence-electron chi connectivity index (χ1n) is 15.1. The van der Waals surface area contributed by atoms with Crippen molar-refractivity contribution in [1.82, 2.24) is 9.55 Å². The third-order valence-corrected chi connectivity index (χ3v) is 8.60. The fourth-order valence-corrected chi connectivity index (χ4v) is 6.57. The molecule has 44 heavy (non-hydrogen) atoms. The summed E-state index contributed by atoms with van der Waals surface area (Å²) in [6.07, 6.45) is 0. The maximum Gasteiger partial charge on any atom is 0.145 e. The van der Waals surface area contributed by atoms with E-state index in [4.69, 9.17) is 4.98 Å². The number of hydrogen-bond donors (Lipinski definition) is 0. The minimum Gasteiger partial charge on any atom is -0.292 e. The molecule has 0 amide bonds. The van der Waals surface area contributed by atoms with Crippen molar-refractivity contribution in [2.24, 2.45) is 0 Å². The Hall–Kier alpha value is -5.73. The number of hydrogen-bond acceptors (Lipinski definition) is 1. The molecule has 0 fully saturated rings. The van der Waals surface area contributed by atoms with Crippen LogP contribution in [0.2, 0.25) is 0 Å². The van der Waals surface area contributed by atoms with E-state index < -0.39 is 0 Å². The highest BCUT2D eigenvalue weighted by molar-refractivity contribution is 6.15. The third kappa shape index (κ3) is 4.31. The fourth-order valence-electron chi connectivity index (χ4n) is 6.57. The normalized spacial score (nSPS) is 11.3. The number of rotatable bonds is 5. The number of nitrogens with zero attached hydrogens (tertiary/aromatic N) is 2. The number of fused-ring (bicyclic) bond motifs is 2. The van der Waals surface area contributed by atoms with Crippen LogP contribution in [0.3, 0.4) is 0 Å². The van der Waals surface area contributed by atoms with Gasteiger partial charge in [-0.05, 0) is 63.4 Å². The molecule has 0 aliphatic carbocycles. The maximum atomic E-state index is 5.44. The van der Waals surface area contributed by atoms with E-state index in [0.717, 1.165) is 39.6 Å². The summed E-state index contributed by atoms with van der Waals surface area (Å²) >= 11 is 0. The van der Waals surface area contributed by atoms with Crippen molar-refractivity contribution in [2.75, 3.05) is 0 Å². The highest BCUT2D eigenvalue weighted by Gasteiger charge is 2.23. The predicted molar refractivity (Wildman–Crippen MR) is 185 cm³/mol. The van der Waals surface area contributed by atoms with Gasteiger partial charge >= 0.3 is 0 Å². The Morgan fingerprint density at radius 1 is 0.432 bits per heavy atom. The zero-order chi connectivity index (χ0) is 29.5. The second-order valence-corrected chi connectivity index (χ2v) is 11.2. The van der Waals surface area contributed by atoms with Crippen molar-refractivity contribution in [1.29, 1.82) is 0 Å². The van der Waals surface area contributed by atoms with Crippen LogP contribution in [0.15, 0.2) is 164 Å². The largest absolute Gasteiger partial charge is 0.292 e. The molecule has 0 spiro atoms. The molecule has 2 heteroatoms. The third-order valence-electron chi connectivity index (χ3n) is 8.60. The molecule has 0 saturated heterocycles. The molecule has 0 aliphatic heterocycles. The van der Waals surface area contributed by atoms with Gasteiger partial charge in [0.25, 0.3) is 0 Å². The topological polar surface area (TPSA) is 17.8 Å². The van der Waals surface area contributed by atoms with E-state index >= 15 is 0 Å². The minimum absolute atomic E-state index is 0.913. The average molecular weight is 563 g/mol. The summed E-state index contributed by atoms with van der Waals surface area (Å²) in [4.78, 5) is 5.44. The lowest BCUT2D eigenvalue weighted by atomic mass is 9.88. The van der Waals surface area contributed by atoms with E-state index in [-0.39, 0.29) is 0 Å². The summed E-state index contributed by atoms with van der Waals surface area (Å²) in [7, 11) is 0. The Morgan fingerprint density at radius 3 is 1.52 bits per heavy atom. The Morgan fingerprint density at radius 2 is 0.909 bits per heavy atom. The van der Waals surface area contributed by atoms with Crippen molar-refractivity contribution in [3.8, 4) is 50.7 Å². The molecular weight excluding hydrogens is 532 g/mol. The SMILES string of the molecule is Cc1c2ccccc2c(-c2cccc(-c3nc(-c4ccccc4)c(-c4ccccc4)n3-c3ccccc3)c2)c2ccccc12. The molecule has 1 aromatic heterocycles. The first kappa shape index (κ1) is 25.9. The number of benzene rings is 7. The van der Waals surface area contributed by atoms with Crippen LogP contribution < -0.4 is 0 Å². The van der Waals surface area contributed by atoms with Crippen LogP contribution in [0.1, 0.15) is 5.56 Å². The Balaban J connectivity index is 1.44. The minimum atomic E-state index is 0.913. The van der Waals surface area contributed by atoms with Gasteiger partial charge in [-0.2, -0.15) is 0 Å². The molecule has 8 rings (SSSR count). The van der Waals surface area contributed by atoms with E-state index in [2.05, 4.69) is 175 Å². The van der Waals surface area contributed by atoms with Gasteiger partial charge in [0.15, 0.2) is 0 Å². The van der Waals surface area contributed by atoms with Crippen LogP contribution >= 0.6 is 0 Å². The Kier molecular flexibility index (Phi) is 6.39. The summed E-state index contributed by atoms with van der Waals surface area (Å²) in [5, 5.41) is 5.11. The van der Waals surface area contributed by atoms with Gasteiger partial charge in [0.1, 0.15) is 5.82 Å². The molecular formula is C42H30N2. The monoisotopic (exact) mass is 562 g/mol. The lowest BCUT2D eigenvalue weighted by Gasteiger charge is -2.17. The number of aromatic nitrogens is 2. The van der Waals surface area contributed by atoms with Gasteiger partial charge in [-0.3, -0.25) is 4.57 Å². The van der Waals surface area contributed by atoms with Crippen molar-refractivity contribution >= 4 is 21.5 Å². The second-order valence-electron chi connectivity index (χ2n) is 11.2. The van der Waals surface area contributed by atoms with Crippen molar-refractivity contribution in [2.45, 2.75) is 6.92 Å². The quantitative estimate of drug-likeness (QED) is 0.191. The van der Waals surface area contributed by atoms with E-state index in [1.54, 1.807) is 0 Å². The van der Waals surface area contributed by atoms with Gasteiger partial charge in [-0.15, -0.1) is 0 Å². The number of imidazole rings is 1. The summed E-state index contributed by atoms with van der Waals surface area (Å²) in [5.74, 6) is 0.913. The molecule has 0 aliphatic rings. The van der Waals surface area contributed by atoms with Crippen molar-refractivity contribution in [3.05, 3.63) is 169 Å². The highest BCUT2D eigenvalue weighted by atomic mass is 15.1. The van der Waals surface area contributed by atoms with E-state index in [0.29, 0.717) is 0 Å². The molecule has 0 N–H and O–H groups in total. The van der Waals surface area contributed by atoms with E-state index in [9.17, 15) is 0 Å². The Labute approximate surface area is 257 Å². The molecule has 0 radical (unpaired) electrons. The summed E-state index contributed by atoms with van der Waals surface area (Å²) in [6, 6.07) is 58.2. The van der Waals surface area contributed by atoms with E-state index in [1.807, 2.05) is 0 Å². The molecule has 2 nitrogen and oxygen atoms in total. The lowest BCUT2D eigenvalue weighted by molar-refractivity contribution is 1.07. The molecule has 7 aromatic carbocycles. The molecule has 1 heterocycles. The van der Waals surface area contributed by atoms with Crippen LogP contribution in [0.5, 0.6) is 0 Å². The average Bonchev–Trinajstić information content (AvgIpc) is 3.51. The van der Waals surface area contributed by atoms with Gasteiger partial charge in [0.05, 0.1) is 11.4 Å². The van der Waals surface area contributed by atoms with Gasteiger partial charge in [-0.25, -0.2) is 4.98 Å². The fraction of sp³-hybridized carbons (Fsp3) is 0.0238. The zero-order valence-corrected chi connectivity index (χ0v) is 24.5. The predicted octanol–water partition coefficient (Wildman–Crippen LogP) is 11.2. The lowest BCUT2D eigenvalue weighted by Crippen LogP contribution is -2.00. The molecule has 0 unspecified atom stereocenters. The zero-order valence-electron chi connectivity index (χ0n) is 24.5. The first-order chi connectivity index (χ1) is 21.8. The molecule has 8 aromatic rings. The van der Waals surface area contributed by atoms with Gasteiger partial charge in [0, 0.05) is 22.4 Å². The van der Waals surface area contributed by atoms with Crippen LogP contribution in [-0.4, -0.2) is 9.55 Å². The smallest absolute Gasteiger partial charge is 0.145 e. The first-order valence-corrected chi connectivity index (χ1v) is 15.1. The molecule has 0 bridgehead atoms. The van der Waals surface area contributed by atoms with Crippen molar-refractivity contribution in [3.63, 3.8) is 0 Å². The summed E-state index contributed by atoms with van der Waals surface area (Å²) in [6.45, 7) is 2.23. The van der Waals surface area contributed by atoms with E-state index in [1.165, 1.54) is 38.2 Å². The summed E-state index contributed by atoms with van der Waals surface area (Å²) < 4.78 is 2.32. The Bertz CT molecular complexity index is 2210. The van der Waals surface area contributed by atoms with Crippen LogP contribution in [0.4, 0.5) is 0 Å². The standard InChI is InChI=1S/C42H30N2/c1-29-35-24-11-13-26-37(35)39(38-27-14-12-25-36(29)38)32-20-15-21-33(28-32)42-43-40(30-16-5-2-6-17-30)41(31-18-7-3-8-19-31)44(42)34-22-9-4-10-23-34/h2-28H,1H3. The summed E-state index contributed by atoms with van der Waals surface area (Å²) in [5.41, 5.74) is 10.2. The van der Waals surface area contributed by atoms with Gasteiger partial charge in [-0.1, -0.05) is 146 Å². The van der Waals surface area contributed by atoms with Gasteiger partial charge < -0.3 is 0 Å². The van der Waals surface area contributed by atoms with Crippen LogP contribution in [0, 0.1) is 6.92 Å². The number of para-hydroxylation sites is 1. The van der Waals surface area contributed by atoms with Crippen LogP contribution in [0.25, 0.3) is 72.3 Å². The number of aryl methyl sites for hydroxylation is 1. The maximum absolute atomic E-state index is 5.44. The highest BCUT2D eigenvalue weighted by Crippen LogP contribution is 2.42. The molecule has 0 saturated carbocycles. The van der Waals surface area contributed by atoms with Crippen LogP contribution in [-0.2, 0) is 0 Å².